The Balaban J connectivity index is 2.88. The van der Waals surface area contributed by atoms with Gasteiger partial charge in [0.2, 0.25) is 0 Å². The fraction of sp³-hybridized carbons (Fsp3) is 0.538. The predicted octanol–water partition coefficient (Wildman–Crippen LogP) is 2.79. The maximum Gasteiger partial charge on any atom is 0.279 e. The van der Waals surface area contributed by atoms with Crippen LogP contribution in [0.2, 0.25) is 5.02 Å². The van der Waals surface area contributed by atoms with E-state index in [9.17, 15) is 12.8 Å². The van der Waals surface area contributed by atoms with Gasteiger partial charge in [-0.05, 0) is 25.0 Å². The summed E-state index contributed by atoms with van der Waals surface area (Å²) in [5, 5.41) is 0.212. The maximum atomic E-state index is 13.7. The van der Waals surface area contributed by atoms with Gasteiger partial charge in [-0.15, -0.1) is 0 Å². The van der Waals surface area contributed by atoms with Gasteiger partial charge < -0.3 is 0 Å². The Morgan fingerprint density at radius 2 is 1.95 bits per heavy atom. The lowest BCUT2D eigenvalue weighted by molar-refractivity contribution is 0.417. The van der Waals surface area contributed by atoms with Crippen molar-refractivity contribution >= 4 is 21.8 Å². The molecule has 1 atom stereocenters. The molecule has 0 amide bonds. The standard InChI is InChI=1S/C13H20ClFN2O2S/c1-9(2)10(3)16-20(18,19)17(4)8-11-12(14)6-5-7-13(11)15/h5-7,9-10,16H,8H2,1-4H3. The summed E-state index contributed by atoms with van der Waals surface area (Å²) in [6.07, 6.45) is 0. The third kappa shape index (κ3) is 4.41. The van der Waals surface area contributed by atoms with E-state index in [1.807, 2.05) is 13.8 Å². The highest BCUT2D eigenvalue weighted by atomic mass is 35.5. The molecule has 1 unspecified atom stereocenters. The zero-order valence-electron chi connectivity index (χ0n) is 12.0. The smallest absolute Gasteiger partial charge is 0.207 e. The van der Waals surface area contributed by atoms with Crippen molar-refractivity contribution in [2.45, 2.75) is 33.4 Å². The Kier molecular flexibility index (Phi) is 5.94. The van der Waals surface area contributed by atoms with E-state index in [4.69, 9.17) is 11.6 Å². The molecule has 0 fully saturated rings. The van der Waals surface area contributed by atoms with Crippen LogP contribution in [0.15, 0.2) is 18.2 Å². The summed E-state index contributed by atoms with van der Waals surface area (Å²) < 4.78 is 41.5. The number of rotatable bonds is 6. The minimum Gasteiger partial charge on any atom is -0.207 e. The topological polar surface area (TPSA) is 49.4 Å². The number of benzene rings is 1. The van der Waals surface area contributed by atoms with Crippen molar-refractivity contribution in [1.29, 1.82) is 0 Å². The first-order valence-electron chi connectivity index (χ1n) is 6.31. The van der Waals surface area contributed by atoms with Gasteiger partial charge in [0.25, 0.3) is 10.2 Å². The van der Waals surface area contributed by atoms with E-state index in [0.717, 1.165) is 4.31 Å². The Morgan fingerprint density at radius 1 is 1.35 bits per heavy atom. The molecule has 1 rings (SSSR count). The quantitative estimate of drug-likeness (QED) is 0.875. The first kappa shape index (κ1) is 17.4. The predicted molar refractivity (Wildman–Crippen MR) is 79.2 cm³/mol. The molecule has 0 heterocycles. The molecular weight excluding hydrogens is 303 g/mol. The molecule has 0 saturated carbocycles. The number of halogens is 2. The molecule has 0 spiro atoms. The summed E-state index contributed by atoms with van der Waals surface area (Å²) >= 11 is 5.90. The molecule has 0 aliphatic heterocycles. The first-order valence-corrected chi connectivity index (χ1v) is 8.13. The van der Waals surface area contributed by atoms with Crippen LogP contribution in [0.4, 0.5) is 4.39 Å². The molecule has 0 aliphatic carbocycles. The van der Waals surface area contributed by atoms with Crippen LogP contribution in [-0.4, -0.2) is 25.8 Å². The molecule has 114 valence electrons. The van der Waals surface area contributed by atoms with Crippen molar-refractivity contribution in [1.82, 2.24) is 9.03 Å². The van der Waals surface area contributed by atoms with Crippen LogP contribution in [0.5, 0.6) is 0 Å². The highest BCUT2D eigenvalue weighted by Gasteiger charge is 2.23. The van der Waals surface area contributed by atoms with Gasteiger partial charge in [0.15, 0.2) is 0 Å². The molecule has 1 aromatic carbocycles. The first-order chi connectivity index (χ1) is 9.15. The van der Waals surface area contributed by atoms with Crippen molar-refractivity contribution in [3.63, 3.8) is 0 Å². The zero-order chi connectivity index (χ0) is 15.5. The van der Waals surface area contributed by atoms with Crippen LogP contribution in [0.3, 0.4) is 0 Å². The lowest BCUT2D eigenvalue weighted by Crippen LogP contribution is -2.44. The number of hydrogen-bond acceptors (Lipinski definition) is 2. The largest absolute Gasteiger partial charge is 0.279 e. The van der Waals surface area contributed by atoms with E-state index >= 15 is 0 Å². The molecule has 1 aromatic rings. The Labute approximate surface area is 125 Å². The van der Waals surface area contributed by atoms with Crippen LogP contribution in [0, 0.1) is 11.7 Å². The van der Waals surface area contributed by atoms with Crippen molar-refractivity contribution in [3.8, 4) is 0 Å². The second-order valence-electron chi connectivity index (χ2n) is 5.11. The summed E-state index contributed by atoms with van der Waals surface area (Å²) in [7, 11) is -2.29. The number of hydrogen-bond donors (Lipinski definition) is 1. The van der Waals surface area contributed by atoms with Gasteiger partial charge in [0.05, 0.1) is 0 Å². The normalized spacial score (nSPS) is 14.0. The van der Waals surface area contributed by atoms with E-state index in [-0.39, 0.29) is 29.1 Å². The SMILES string of the molecule is CC(C)C(C)NS(=O)(=O)N(C)Cc1c(F)cccc1Cl. The highest BCUT2D eigenvalue weighted by molar-refractivity contribution is 7.87. The molecular formula is C13H20ClFN2O2S. The molecule has 4 nitrogen and oxygen atoms in total. The van der Waals surface area contributed by atoms with Crippen LogP contribution >= 0.6 is 11.6 Å². The van der Waals surface area contributed by atoms with E-state index < -0.39 is 16.0 Å². The summed E-state index contributed by atoms with van der Waals surface area (Å²) in [5.74, 6) is -0.355. The van der Waals surface area contributed by atoms with Crippen LogP contribution in [-0.2, 0) is 16.8 Å². The summed E-state index contributed by atoms with van der Waals surface area (Å²) in [6.45, 7) is 5.50. The van der Waals surface area contributed by atoms with Crippen molar-refractivity contribution in [2.24, 2.45) is 5.92 Å². The molecule has 0 saturated heterocycles. The molecule has 0 aromatic heterocycles. The van der Waals surface area contributed by atoms with Gasteiger partial charge in [0.1, 0.15) is 5.82 Å². The molecule has 20 heavy (non-hydrogen) atoms. The van der Waals surface area contributed by atoms with Gasteiger partial charge in [-0.2, -0.15) is 17.4 Å². The Hall–Kier alpha value is -0.690. The third-order valence-electron chi connectivity index (χ3n) is 3.19. The van der Waals surface area contributed by atoms with Crippen molar-refractivity contribution in [2.75, 3.05) is 7.05 Å². The summed E-state index contributed by atoms with van der Waals surface area (Å²) in [4.78, 5) is 0. The van der Waals surface area contributed by atoms with Crippen LogP contribution < -0.4 is 4.72 Å². The van der Waals surface area contributed by atoms with Gasteiger partial charge >= 0.3 is 0 Å². The highest BCUT2D eigenvalue weighted by Crippen LogP contribution is 2.21. The van der Waals surface area contributed by atoms with Crippen LogP contribution in [0.1, 0.15) is 26.3 Å². The summed E-state index contributed by atoms with van der Waals surface area (Å²) in [6, 6.07) is 4.06. The average molecular weight is 323 g/mol. The van der Waals surface area contributed by atoms with Crippen molar-refractivity contribution in [3.05, 3.63) is 34.6 Å². The Morgan fingerprint density at radius 3 is 2.45 bits per heavy atom. The molecule has 0 radical (unpaired) electrons. The van der Waals surface area contributed by atoms with Crippen LogP contribution in [0.25, 0.3) is 0 Å². The molecule has 0 bridgehead atoms. The second-order valence-corrected chi connectivity index (χ2v) is 7.33. The zero-order valence-corrected chi connectivity index (χ0v) is 13.6. The lowest BCUT2D eigenvalue weighted by Gasteiger charge is -2.23. The van der Waals surface area contributed by atoms with E-state index in [1.54, 1.807) is 6.92 Å². The van der Waals surface area contributed by atoms with E-state index in [2.05, 4.69) is 4.72 Å². The fourth-order valence-corrected chi connectivity index (χ4v) is 2.90. The van der Waals surface area contributed by atoms with Gasteiger partial charge in [-0.1, -0.05) is 31.5 Å². The monoisotopic (exact) mass is 322 g/mol. The second kappa shape index (κ2) is 6.85. The lowest BCUT2D eigenvalue weighted by atomic mass is 10.1. The van der Waals surface area contributed by atoms with Crippen molar-refractivity contribution < 1.29 is 12.8 Å². The minimum atomic E-state index is -3.68. The van der Waals surface area contributed by atoms with Gasteiger partial charge in [-0.3, -0.25) is 0 Å². The minimum absolute atomic E-state index is 0.119. The number of nitrogens with one attached hydrogen (secondary N) is 1. The van der Waals surface area contributed by atoms with Gasteiger partial charge in [-0.25, -0.2) is 4.39 Å². The summed E-state index contributed by atoms with van der Waals surface area (Å²) in [5.41, 5.74) is 0.166. The van der Waals surface area contributed by atoms with Gasteiger partial charge in [0, 0.05) is 30.2 Å². The third-order valence-corrected chi connectivity index (χ3v) is 5.16. The molecule has 0 aliphatic rings. The molecule has 1 N–H and O–H groups in total. The Bertz CT molecular complexity index is 543. The van der Waals surface area contributed by atoms with E-state index in [1.165, 1.54) is 25.2 Å². The number of nitrogens with zero attached hydrogens (tertiary/aromatic N) is 1. The maximum absolute atomic E-state index is 13.7. The fourth-order valence-electron chi connectivity index (χ4n) is 1.45. The average Bonchev–Trinajstić information content (AvgIpc) is 2.33. The molecule has 7 heteroatoms. The van der Waals surface area contributed by atoms with E-state index in [0.29, 0.717) is 0 Å².